The molecule has 0 aromatic rings. The van der Waals surface area contributed by atoms with Gasteiger partial charge in [0.05, 0.1) is 0 Å². The van der Waals surface area contributed by atoms with Gasteiger partial charge in [-0.05, 0) is 44.9 Å². The first kappa shape index (κ1) is 23.6. The summed E-state index contributed by atoms with van der Waals surface area (Å²) in [6, 6.07) is 0. The normalized spacial score (nSPS) is 11.8. The Hall–Kier alpha value is -0.380. The van der Waals surface area contributed by atoms with E-state index < -0.39 is 0 Å². The van der Waals surface area contributed by atoms with Crippen molar-refractivity contribution in [3.63, 3.8) is 0 Å². The van der Waals surface area contributed by atoms with Crippen molar-refractivity contribution in [3.05, 3.63) is 12.2 Å². The van der Waals surface area contributed by atoms with E-state index in [2.05, 4.69) is 26.0 Å². The summed E-state index contributed by atoms with van der Waals surface area (Å²) in [5.41, 5.74) is 0. The molecule has 0 rings (SSSR count). The van der Waals surface area contributed by atoms with Crippen LogP contribution in [0.2, 0.25) is 0 Å². The Bertz CT molecular complexity index is 241. The molecule has 0 radical (unpaired) electrons. The average Bonchev–Trinajstić information content (AvgIpc) is 2.60. The Morgan fingerprint density at radius 1 is 0.708 bits per heavy atom. The van der Waals surface area contributed by atoms with Crippen LogP contribution >= 0.6 is 0 Å². The van der Waals surface area contributed by atoms with E-state index >= 15 is 0 Å². The van der Waals surface area contributed by atoms with Gasteiger partial charge in [-0.2, -0.15) is 0 Å². The van der Waals surface area contributed by atoms with E-state index in [1.807, 2.05) is 0 Å². The molecule has 0 saturated carbocycles. The van der Waals surface area contributed by atoms with Gasteiger partial charge in [-0.15, -0.1) is 0 Å². The van der Waals surface area contributed by atoms with Crippen LogP contribution in [0.4, 0.5) is 0 Å². The highest BCUT2D eigenvalue weighted by Crippen LogP contribution is 2.12. The lowest BCUT2D eigenvalue weighted by Crippen LogP contribution is -2.19. The largest absolute Gasteiger partial charge is 0.396 e. The van der Waals surface area contributed by atoms with Gasteiger partial charge in [0.2, 0.25) is 0 Å². The highest BCUT2D eigenvalue weighted by atomic mass is 16.7. The number of ether oxygens (including phenoxy) is 2. The van der Waals surface area contributed by atoms with Crippen molar-refractivity contribution in [2.45, 2.75) is 104 Å². The van der Waals surface area contributed by atoms with Gasteiger partial charge in [-0.3, -0.25) is 0 Å². The third kappa shape index (κ3) is 18.0. The van der Waals surface area contributed by atoms with Crippen molar-refractivity contribution in [1.29, 1.82) is 0 Å². The van der Waals surface area contributed by atoms with Gasteiger partial charge in [-0.25, -0.2) is 0 Å². The molecule has 0 aliphatic carbocycles. The van der Waals surface area contributed by atoms with Crippen LogP contribution in [0.5, 0.6) is 0 Å². The molecule has 0 unspecified atom stereocenters. The third-order valence-corrected chi connectivity index (χ3v) is 4.13. The SMILES string of the molecule is CCCCCOC(CCCCCC/C=C/CCO)OCCCCC. The van der Waals surface area contributed by atoms with Crippen LogP contribution in [0.1, 0.15) is 97.3 Å². The first-order chi connectivity index (χ1) is 11.8. The van der Waals surface area contributed by atoms with Crippen LogP contribution in [0.15, 0.2) is 12.2 Å². The predicted molar refractivity (Wildman–Crippen MR) is 103 cm³/mol. The summed E-state index contributed by atoms with van der Waals surface area (Å²) in [6.45, 7) is 6.37. The van der Waals surface area contributed by atoms with Gasteiger partial charge in [0, 0.05) is 19.8 Å². The number of allylic oxidation sites excluding steroid dienone is 1. The molecule has 0 atom stereocenters. The molecule has 0 aliphatic rings. The van der Waals surface area contributed by atoms with Crippen molar-refractivity contribution in [3.8, 4) is 0 Å². The summed E-state index contributed by atoms with van der Waals surface area (Å²) >= 11 is 0. The summed E-state index contributed by atoms with van der Waals surface area (Å²) in [5.74, 6) is 0. The molecule has 0 aromatic heterocycles. The summed E-state index contributed by atoms with van der Waals surface area (Å²) in [7, 11) is 0. The number of hydrogen-bond acceptors (Lipinski definition) is 3. The average molecular weight is 343 g/mol. The van der Waals surface area contributed by atoms with Gasteiger partial charge in [-0.1, -0.05) is 64.5 Å². The van der Waals surface area contributed by atoms with E-state index in [0.29, 0.717) is 0 Å². The lowest BCUT2D eigenvalue weighted by Gasteiger charge is -2.18. The van der Waals surface area contributed by atoms with Crippen LogP contribution < -0.4 is 0 Å². The van der Waals surface area contributed by atoms with E-state index in [4.69, 9.17) is 14.6 Å². The maximum Gasteiger partial charge on any atom is 0.157 e. The van der Waals surface area contributed by atoms with Crippen molar-refractivity contribution in [2.75, 3.05) is 19.8 Å². The van der Waals surface area contributed by atoms with Crippen LogP contribution in [0.3, 0.4) is 0 Å². The molecule has 24 heavy (non-hydrogen) atoms. The predicted octanol–water partition coefficient (Wildman–Crippen LogP) is 6.01. The smallest absolute Gasteiger partial charge is 0.157 e. The van der Waals surface area contributed by atoms with Crippen LogP contribution in [0, 0.1) is 0 Å². The second-order valence-corrected chi connectivity index (χ2v) is 6.56. The quantitative estimate of drug-likeness (QED) is 0.178. The molecule has 0 saturated heterocycles. The fourth-order valence-electron chi connectivity index (χ4n) is 2.59. The molecule has 1 N–H and O–H groups in total. The molecule has 3 heteroatoms. The zero-order chi connectivity index (χ0) is 17.7. The van der Waals surface area contributed by atoms with Gasteiger partial charge >= 0.3 is 0 Å². The zero-order valence-corrected chi connectivity index (χ0v) is 16.3. The fraction of sp³-hybridized carbons (Fsp3) is 0.905. The molecular formula is C21H42O3. The number of aliphatic hydroxyl groups excluding tert-OH is 1. The Morgan fingerprint density at radius 2 is 1.29 bits per heavy atom. The second kappa shape index (κ2) is 20.7. The number of rotatable bonds is 19. The maximum absolute atomic E-state index is 8.70. The lowest BCUT2D eigenvalue weighted by atomic mass is 10.1. The minimum absolute atomic E-state index is 0.00293. The number of unbranched alkanes of at least 4 members (excludes halogenated alkanes) is 8. The van der Waals surface area contributed by atoms with E-state index in [1.54, 1.807) is 0 Å². The van der Waals surface area contributed by atoms with Crippen molar-refractivity contribution >= 4 is 0 Å². The summed E-state index contributed by atoms with van der Waals surface area (Å²) in [4.78, 5) is 0. The highest BCUT2D eigenvalue weighted by molar-refractivity contribution is 4.80. The Balaban J connectivity index is 3.69. The molecule has 144 valence electrons. The molecule has 3 nitrogen and oxygen atoms in total. The zero-order valence-electron chi connectivity index (χ0n) is 16.3. The fourth-order valence-corrected chi connectivity index (χ4v) is 2.59. The van der Waals surface area contributed by atoms with Gasteiger partial charge in [0.25, 0.3) is 0 Å². The first-order valence-corrected chi connectivity index (χ1v) is 10.3. The van der Waals surface area contributed by atoms with Crippen LogP contribution in [0.25, 0.3) is 0 Å². The monoisotopic (exact) mass is 342 g/mol. The van der Waals surface area contributed by atoms with Crippen molar-refractivity contribution < 1.29 is 14.6 Å². The van der Waals surface area contributed by atoms with Crippen molar-refractivity contribution in [2.24, 2.45) is 0 Å². The minimum atomic E-state index is 0.00293. The van der Waals surface area contributed by atoms with Crippen molar-refractivity contribution in [1.82, 2.24) is 0 Å². The molecular weight excluding hydrogens is 300 g/mol. The summed E-state index contributed by atoms with van der Waals surface area (Å²) in [6.07, 6.45) is 19.4. The lowest BCUT2D eigenvalue weighted by molar-refractivity contribution is -0.148. The van der Waals surface area contributed by atoms with Gasteiger partial charge < -0.3 is 14.6 Å². The standard InChI is InChI=1S/C21H42O3/c1-3-5-15-19-23-21(24-20-16-6-4-2)17-13-11-9-7-8-10-12-14-18-22/h10,12,21-22H,3-9,11,13-20H2,1-2H3/b12-10+. The summed E-state index contributed by atoms with van der Waals surface area (Å²) in [5, 5.41) is 8.70. The minimum Gasteiger partial charge on any atom is -0.396 e. The van der Waals surface area contributed by atoms with E-state index in [0.717, 1.165) is 45.3 Å². The Labute approximate surface area is 150 Å². The van der Waals surface area contributed by atoms with Crippen LogP contribution in [-0.4, -0.2) is 31.2 Å². The molecule has 0 heterocycles. The first-order valence-electron chi connectivity index (χ1n) is 10.3. The topological polar surface area (TPSA) is 38.7 Å². The molecule has 0 spiro atoms. The number of hydrogen-bond donors (Lipinski definition) is 1. The second-order valence-electron chi connectivity index (χ2n) is 6.56. The molecule has 0 aromatic carbocycles. The van der Waals surface area contributed by atoms with Gasteiger partial charge in [0.15, 0.2) is 6.29 Å². The molecule has 0 bridgehead atoms. The molecule has 0 amide bonds. The summed E-state index contributed by atoms with van der Waals surface area (Å²) < 4.78 is 11.9. The van der Waals surface area contributed by atoms with E-state index in [-0.39, 0.29) is 12.9 Å². The van der Waals surface area contributed by atoms with Crippen LogP contribution in [-0.2, 0) is 9.47 Å². The van der Waals surface area contributed by atoms with E-state index in [1.165, 1.54) is 51.4 Å². The third-order valence-electron chi connectivity index (χ3n) is 4.13. The Morgan fingerprint density at radius 3 is 1.88 bits per heavy atom. The maximum atomic E-state index is 8.70. The van der Waals surface area contributed by atoms with E-state index in [9.17, 15) is 0 Å². The molecule has 0 aliphatic heterocycles. The number of aliphatic hydroxyl groups is 1. The highest BCUT2D eigenvalue weighted by Gasteiger charge is 2.09. The molecule has 0 fully saturated rings. The Kier molecular flexibility index (Phi) is 20.3. The van der Waals surface area contributed by atoms with Gasteiger partial charge in [0.1, 0.15) is 0 Å².